The molecule has 0 amide bonds. The molecule has 0 aromatic carbocycles. The van der Waals surface area contributed by atoms with E-state index < -0.39 is 43.3 Å². The quantitative estimate of drug-likeness (QED) is 0.248. The minimum atomic E-state index is -4.90. The van der Waals surface area contributed by atoms with E-state index in [9.17, 15) is 43.1 Å². The van der Waals surface area contributed by atoms with E-state index >= 15 is 0 Å². The van der Waals surface area contributed by atoms with Crippen LogP contribution >= 0.6 is 23.5 Å². The Balaban J connectivity index is -0.0000000286. The van der Waals surface area contributed by atoms with Gasteiger partial charge >= 0.3 is 108 Å². The average Bonchev–Trinajstić information content (AvgIpc) is 2.39. The van der Waals surface area contributed by atoms with Gasteiger partial charge in [-0.15, -0.1) is 0 Å². The summed E-state index contributed by atoms with van der Waals surface area (Å²) in [6.45, 7) is -2.11. The third kappa shape index (κ3) is 56.2. The van der Waals surface area contributed by atoms with Crippen molar-refractivity contribution in [2.24, 2.45) is 0 Å². The van der Waals surface area contributed by atoms with Crippen molar-refractivity contribution in [3.63, 3.8) is 0 Å². The monoisotopic (exact) mass is 487 g/mol. The predicted molar refractivity (Wildman–Crippen MR) is 62.0 cm³/mol. The molecule has 0 aliphatic rings. The third-order valence-electron chi connectivity index (χ3n) is 0.862. The van der Waals surface area contributed by atoms with Crippen LogP contribution in [0.4, 0.5) is 0 Å². The normalized spacial score (nSPS) is 9.81. The zero-order valence-electron chi connectivity index (χ0n) is 17.2. The molecule has 0 bridgehead atoms. The Labute approximate surface area is 238 Å². The van der Waals surface area contributed by atoms with Crippen LogP contribution in [0, 0.1) is 34.0 Å². The Morgan fingerprint density at radius 1 is 0.615 bits per heavy atom. The van der Waals surface area contributed by atoms with E-state index in [1.54, 1.807) is 0 Å². The molecule has 0 aliphatic heterocycles. The molecular formula is C6H10K2N3O12P3. The van der Waals surface area contributed by atoms with Gasteiger partial charge in [0.15, 0.2) is 0 Å². The van der Waals surface area contributed by atoms with E-state index in [4.69, 9.17) is 15.8 Å². The number of phosphoric ester groups is 3. The maximum absolute atomic E-state index is 9.49. The first-order chi connectivity index (χ1) is 10.7. The Kier molecular flexibility index (Phi) is 32.4. The van der Waals surface area contributed by atoms with Gasteiger partial charge in [-0.05, 0) is 0 Å². The predicted octanol–water partition coefficient (Wildman–Crippen LogP) is -10.5. The molecule has 0 saturated heterocycles. The molecule has 20 heteroatoms. The van der Waals surface area contributed by atoms with Crippen molar-refractivity contribution in [1.29, 1.82) is 15.8 Å². The van der Waals surface area contributed by atoms with E-state index in [1.807, 2.05) is 0 Å². The van der Waals surface area contributed by atoms with Crippen LogP contribution in [0.3, 0.4) is 0 Å². The van der Waals surface area contributed by atoms with Crippen LogP contribution in [0.25, 0.3) is 0 Å². The van der Waals surface area contributed by atoms with Gasteiger partial charge in [0, 0.05) is 0 Å². The van der Waals surface area contributed by atoms with E-state index in [0.29, 0.717) is 0 Å². The number of nitriles is 3. The second-order valence-corrected chi connectivity index (χ2v) is 6.09. The van der Waals surface area contributed by atoms with Gasteiger partial charge < -0.3 is 56.6 Å². The van der Waals surface area contributed by atoms with Crippen LogP contribution in [0.5, 0.6) is 0 Å². The van der Waals surface area contributed by atoms with Gasteiger partial charge in [0.25, 0.3) is 0 Å². The fraction of sp³-hybridized carbons (Fsp3) is 0.500. The zero-order chi connectivity index (χ0) is 19.9. The van der Waals surface area contributed by atoms with Crippen molar-refractivity contribution < 1.29 is 165 Å². The summed E-state index contributed by atoms with van der Waals surface area (Å²) >= 11 is 0. The molecule has 0 N–H and O–H groups in total. The molecule has 0 rings (SSSR count). The molecule has 0 aliphatic carbocycles. The van der Waals surface area contributed by atoms with Gasteiger partial charge in [-0.2, -0.15) is 15.8 Å². The van der Waals surface area contributed by atoms with Gasteiger partial charge in [-0.3, -0.25) is 0 Å². The summed E-state index contributed by atoms with van der Waals surface area (Å²) in [6, 6.07) is 3.99. The Morgan fingerprint density at radius 2 is 0.769 bits per heavy atom. The maximum Gasteiger partial charge on any atom is 1.00 e. The van der Waals surface area contributed by atoms with Crippen LogP contribution in [-0.2, 0) is 27.3 Å². The standard InChI is InChI=1S/3C2H4NO4P.2K/c3*3-1-2-7-8(4,5)6;;/h3*2H2,(H2,4,5,6);;/q;;;2*+1/p-2. The Bertz CT molecular complexity index is 541. The van der Waals surface area contributed by atoms with Crippen molar-refractivity contribution in [2.45, 2.75) is 0 Å². The zero-order valence-corrected chi connectivity index (χ0v) is 22.1. The van der Waals surface area contributed by atoms with E-state index in [2.05, 4.69) is 13.6 Å². The fourth-order valence-electron chi connectivity index (χ4n) is 0.324. The summed E-state index contributed by atoms with van der Waals surface area (Å²) in [5.74, 6) is 0. The van der Waals surface area contributed by atoms with Crippen LogP contribution in [0.15, 0.2) is 0 Å². The van der Waals surface area contributed by atoms with Crippen molar-refractivity contribution in [3.05, 3.63) is 0 Å². The van der Waals surface area contributed by atoms with Crippen molar-refractivity contribution in [2.75, 3.05) is 19.8 Å². The molecule has 15 nitrogen and oxygen atoms in total. The van der Waals surface area contributed by atoms with Gasteiger partial charge in [0.05, 0.1) is 41.7 Å². The average molecular weight is 487 g/mol. The summed E-state index contributed by atoms with van der Waals surface area (Å²) in [4.78, 5) is 56.9. The molecule has 0 spiro atoms. The molecule has 138 valence electrons. The second-order valence-electron chi connectivity index (χ2n) is 2.64. The summed E-state index contributed by atoms with van der Waals surface area (Å²) in [7, 11) is -14.7. The molecule has 0 fully saturated rings. The number of hydrogen-bond acceptors (Lipinski definition) is 15. The first kappa shape index (κ1) is 38.7. The topological polar surface area (TPSA) is 289 Å². The van der Waals surface area contributed by atoms with Crippen molar-refractivity contribution >= 4 is 23.5 Å². The molecule has 0 radical (unpaired) electrons. The fourth-order valence-corrected chi connectivity index (χ4v) is 0.971. The summed E-state index contributed by atoms with van der Waals surface area (Å²) < 4.78 is 38.9. The minimum Gasteiger partial charge on any atom is -0.790 e. The molecule has 0 aromatic rings. The number of hydrogen-bond donors (Lipinski definition) is 0. The van der Waals surface area contributed by atoms with Crippen molar-refractivity contribution in [1.82, 2.24) is 0 Å². The van der Waals surface area contributed by atoms with Gasteiger partial charge in [0.1, 0.15) is 19.8 Å². The van der Waals surface area contributed by atoms with Crippen LogP contribution < -0.4 is 132 Å². The molecule has 0 atom stereocenters. The van der Waals surface area contributed by atoms with E-state index in [0.717, 1.165) is 0 Å². The van der Waals surface area contributed by atoms with Crippen LogP contribution in [-0.4, -0.2) is 19.8 Å². The largest absolute Gasteiger partial charge is 1.00 e. The summed E-state index contributed by atoms with van der Waals surface area (Å²) in [5, 5.41) is 23.0. The van der Waals surface area contributed by atoms with Gasteiger partial charge in [-0.25, -0.2) is 0 Å². The molecule has 0 saturated carbocycles. The Hall–Kier alpha value is 2.07. The minimum absolute atomic E-state index is 0. The number of rotatable bonds is 6. The van der Waals surface area contributed by atoms with Crippen LogP contribution in [0.1, 0.15) is 5.71 Å². The van der Waals surface area contributed by atoms with Gasteiger partial charge in [-0.1, -0.05) is 0 Å². The van der Waals surface area contributed by atoms with Crippen molar-refractivity contribution in [3.8, 4) is 18.2 Å². The number of phosphoric acid groups is 3. The first-order valence-corrected chi connectivity index (χ1v) is 9.17. The molecule has 26 heavy (non-hydrogen) atoms. The SMILES string of the molecule is N#CCOP(=O)([O-])[O-].N#CCOP(=O)([O-])[O-].N#CCOP(=O)([O-])[O-].[H+].[H+].[H+].[H+].[K+].[K+]. The second kappa shape index (κ2) is 21.8. The molecular weight excluding hydrogens is 477 g/mol. The van der Waals surface area contributed by atoms with Gasteiger partial charge in [0.2, 0.25) is 0 Å². The molecule has 0 unspecified atom stereocenters. The Morgan fingerprint density at radius 3 is 0.808 bits per heavy atom. The number of nitrogens with zero attached hydrogens (tertiary/aromatic N) is 3. The first-order valence-electron chi connectivity index (χ1n) is 4.79. The molecule has 0 heterocycles. The van der Waals surface area contributed by atoms with E-state index in [1.165, 1.54) is 18.2 Å². The van der Waals surface area contributed by atoms with Crippen LogP contribution in [0.2, 0.25) is 0 Å². The third-order valence-corrected chi connectivity index (χ3v) is 2.20. The summed E-state index contributed by atoms with van der Waals surface area (Å²) in [6.07, 6.45) is 0. The summed E-state index contributed by atoms with van der Waals surface area (Å²) in [5.41, 5.74) is 0. The maximum atomic E-state index is 9.49. The van der Waals surface area contributed by atoms with E-state index in [-0.39, 0.29) is 108 Å². The smallest absolute Gasteiger partial charge is 0.790 e. The molecule has 0 aromatic heterocycles.